The Morgan fingerprint density at radius 1 is 1.06 bits per heavy atom. The molecule has 0 aromatic rings. The maximum Gasteiger partial charge on any atom is 0.0990 e. The standard InChI is InChI=1S/C14H29NO2/c1-4-6-7-8-9-10-17-13-11-12(15-3)14(13)16-5-2/h12-15H,4-11H2,1-3H3. The fourth-order valence-electron chi connectivity index (χ4n) is 2.38. The van der Waals surface area contributed by atoms with Crippen LogP contribution in [0.2, 0.25) is 0 Å². The smallest absolute Gasteiger partial charge is 0.0990 e. The summed E-state index contributed by atoms with van der Waals surface area (Å²) in [6, 6.07) is 0.486. The lowest BCUT2D eigenvalue weighted by atomic mass is 9.85. The molecule has 1 fully saturated rings. The number of hydrogen-bond donors (Lipinski definition) is 1. The normalized spacial score (nSPS) is 28.1. The van der Waals surface area contributed by atoms with Crippen molar-refractivity contribution in [2.45, 2.75) is 70.6 Å². The van der Waals surface area contributed by atoms with Crippen LogP contribution in [-0.4, -0.2) is 38.5 Å². The number of unbranched alkanes of at least 4 members (excludes halogenated alkanes) is 4. The first kappa shape index (κ1) is 14.9. The van der Waals surface area contributed by atoms with Gasteiger partial charge in [-0.15, -0.1) is 0 Å². The molecule has 17 heavy (non-hydrogen) atoms. The Hall–Kier alpha value is -0.120. The van der Waals surface area contributed by atoms with Crippen molar-refractivity contribution >= 4 is 0 Å². The van der Waals surface area contributed by atoms with Gasteiger partial charge in [0.1, 0.15) is 0 Å². The lowest BCUT2D eigenvalue weighted by Crippen LogP contribution is -2.59. The van der Waals surface area contributed by atoms with E-state index in [4.69, 9.17) is 9.47 Å². The number of hydrogen-bond acceptors (Lipinski definition) is 3. The molecule has 1 rings (SSSR count). The largest absolute Gasteiger partial charge is 0.375 e. The zero-order valence-electron chi connectivity index (χ0n) is 11.7. The zero-order chi connectivity index (χ0) is 12.5. The van der Waals surface area contributed by atoms with Gasteiger partial charge in [-0.3, -0.25) is 0 Å². The summed E-state index contributed by atoms with van der Waals surface area (Å²) >= 11 is 0. The Labute approximate surface area is 106 Å². The molecule has 3 heteroatoms. The van der Waals surface area contributed by atoms with Crippen molar-refractivity contribution < 1.29 is 9.47 Å². The minimum Gasteiger partial charge on any atom is -0.375 e. The van der Waals surface area contributed by atoms with Gasteiger partial charge in [0.05, 0.1) is 12.2 Å². The van der Waals surface area contributed by atoms with E-state index in [1.54, 1.807) is 0 Å². The summed E-state index contributed by atoms with van der Waals surface area (Å²) in [6.45, 7) is 5.97. The fraction of sp³-hybridized carbons (Fsp3) is 1.00. The van der Waals surface area contributed by atoms with Crippen LogP contribution in [-0.2, 0) is 9.47 Å². The van der Waals surface area contributed by atoms with Crippen LogP contribution in [0.25, 0.3) is 0 Å². The van der Waals surface area contributed by atoms with E-state index in [0.717, 1.165) is 19.6 Å². The van der Waals surface area contributed by atoms with Crippen LogP contribution in [0.15, 0.2) is 0 Å². The van der Waals surface area contributed by atoms with Gasteiger partial charge in [-0.05, 0) is 26.8 Å². The summed E-state index contributed by atoms with van der Waals surface area (Å²) in [4.78, 5) is 0. The third kappa shape index (κ3) is 4.94. The lowest BCUT2D eigenvalue weighted by Gasteiger charge is -2.43. The molecule has 0 aromatic carbocycles. The van der Waals surface area contributed by atoms with Crippen LogP contribution < -0.4 is 5.32 Å². The van der Waals surface area contributed by atoms with Crippen molar-refractivity contribution in [3.8, 4) is 0 Å². The molecule has 0 bridgehead atoms. The predicted molar refractivity (Wildman–Crippen MR) is 71.4 cm³/mol. The third-order valence-electron chi connectivity index (χ3n) is 3.56. The molecule has 3 unspecified atom stereocenters. The predicted octanol–water partition coefficient (Wildman–Crippen LogP) is 2.74. The van der Waals surface area contributed by atoms with Gasteiger partial charge in [0, 0.05) is 19.3 Å². The Kier molecular flexibility index (Phi) is 7.82. The Bertz CT molecular complexity index is 187. The highest BCUT2D eigenvalue weighted by Crippen LogP contribution is 2.27. The Morgan fingerprint density at radius 2 is 1.82 bits per heavy atom. The highest BCUT2D eigenvalue weighted by molar-refractivity contribution is 4.96. The van der Waals surface area contributed by atoms with Crippen LogP contribution in [0.1, 0.15) is 52.4 Å². The molecule has 1 aliphatic carbocycles. The van der Waals surface area contributed by atoms with Gasteiger partial charge >= 0.3 is 0 Å². The van der Waals surface area contributed by atoms with Gasteiger partial charge in [-0.1, -0.05) is 32.6 Å². The molecule has 102 valence electrons. The topological polar surface area (TPSA) is 30.5 Å². The van der Waals surface area contributed by atoms with E-state index >= 15 is 0 Å². The summed E-state index contributed by atoms with van der Waals surface area (Å²) in [5.41, 5.74) is 0. The zero-order valence-corrected chi connectivity index (χ0v) is 11.7. The van der Waals surface area contributed by atoms with Gasteiger partial charge in [0.25, 0.3) is 0 Å². The van der Waals surface area contributed by atoms with Crippen LogP contribution in [0, 0.1) is 0 Å². The molecule has 0 aromatic heterocycles. The fourth-order valence-corrected chi connectivity index (χ4v) is 2.38. The molecule has 0 aliphatic heterocycles. The first-order valence-corrected chi connectivity index (χ1v) is 7.23. The van der Waals surface area contributed by atoms with Crippen molar-refractivity contribution in [1.29, 1.82) is 0 Å². The van der Waals surface area contributed by atoms with Gasteiger partial charge < -0.3 is 14.8 Å². The molecular formula is C14H29NO2. The molecule has 3 nitrogen and oxygen atoms in total. The minimum absolute atomic E-state index is 0.264. The van der Waals surface area contributed by atoms with Gasteiger partial charge in [0.15, 0.2) is 0 Å². The lowest BCUT2D eigenvalue weighted by molar-refractivity contribution is -0.144. The van der Waals surface area contributed by atoms with Crippen molar-refractivity contribution in [1.82, 2.24) is 5.32 Å². The first-order valence-electron chi connectivity index (χ1n) is 7.23. The highest BCUT2D eigenvalue weighted by atomic mass is 16.5. The summed E-state index contributed by atoms with van der Waals surface area (Å²) < 4.78 is 11.6. The van der Waals surface area contributed by atoms with Crippen molar-refractivity contribution in [3.05, 3.63) is 0 Å². The monoisotopic (exact) mass is 243 g/mol. The summed E-state index contributed by atoms with van der Waals surface area (Å²) in [5.74, 6) is 0. The molecule has 1 saturated carbocycles. The SMILES string of the molecule is CCCCCCCOC1CC(NC)C1OCC. The van der Waals surface area contributed by atoms with E-state index in [0.29, 0.717) is 12.1 Å². The second-order valence-corrected chi connectivity index (χ2v) is 4.87. The summed E-state index contributed by atoms with van der Waals surface area (Å²) in [6.07, 6.45) is 8.18. The van der Waals surface area contributed by atoms with E-state index in [1.165, 1.54) is 32.1 Å². The van der Waals surface area contributed by atoms with Crippen molar-refractivity contribution in [2.75, 3.05) is 20.3 Å². The van der Waals surface area contributed by atoms with E-state index in [-0.39, 0.29) is 6.10 Å². The molecule has 0 spiro atoms. The Balaban J connectivity index is 2.03. The van der Waals surface area contributed by atoms with E-state index in [2.05, 4.69) is 12.2 Å². The van der Waals surface area contributed by atoms with Crippen LogP contribution in [0.4, 0.5) is 0 Å². The number of ether oxygens (including phenoxy) is 2. The van der Waals surface area contributed by atoms with E-state index in [9.17, 15) is 0 Å². The number of nitrogens with one attached hydrogen (secondary N) is 1. The molecule has 0 amide bonds. The van der Waals surface area contributed by atoms with Gasteiger partial charge in [-0.25, -0.2) is 0 Å². The summed E-state index contributed by atoms with van der Waals surface area (Å²) in [7, 11) is 2.00. The maximum absolute atomic E-state index is 5.89. The molecule has 1 N–H and O–H groups in total. The van der Waals surface area contributed by atoms with E-state index < -0.39 is 0 Å². The molecular weight excluding hydrogens is 214 g/mol. The molecule has 1 aliphatic rings. The van der Waals surface area contributed by atoms with Gasteiger partial charge in [-0.2, -0.15) is 0 Å². The number of likely N-dealkylation sites (N-methyl/N-ethyl adjacent to an activating group) is 1. The number of rotatable bonds is 10. The third-order valence-corrected chi connectivity index (χ3v) is 3.56. The average Bonchev–Trinajstić information content (AvgIpc) is 2.33. The molecule has 0 heterocycles. The quantitative estimate of drug-likeness (QED) is 0.598. The van der Waals surface area contributed by atoms with Crippen molar-refractivity contribution in [2.24, 2.45) is 0 Å². The molecule has 0 radical (unpaired) electrons. The van der Waals surface area contributed by atoms with Crippen LogP contribution >= 0.6 is 0 Å². The van der Waals surface area contributed by atoms with E-state index in [1.807, 2.05) is 14.0 Å². The average molecular weight is 243 g/mol. The molecule has 3 atom stereocenters. The summed E-state index contributed by atoms with van der Waals surface area (Å²) in [5, 5.41) is 3.28. The van der Waals surface area contributed by atoms with Gasteiger partial charge in [0.2, 0.25) is 0 Å². The Morgan fingerprint density at radius 3 is 2.47 bits per heavy atom. The maximum atomic E-state index is 5.89. The first-order chi connectivity index (χ1) is 8.33. The van der Waals surface area contributed by atoms with Crippen LogP contribution in [0.3, 0.4) is 0 Å². The highest BCUT2D eigenvalue weighted by Gasteiger charge is 2.41. The second kappa shape index (κ2) is 8.90. The molecule has 0 saturated heterocycles. The van der Waals surface area contributed by atoms with Crippen molar-refractivity contribution in [3.63, 3.8) is 0 Å². The minimum atomic E-state index is 0.264. The van der Waals surface area contributed by atoms with Crippen LogP contribution in [0.5, 0.6) is 0 Å². The second-order valence-electron chi connectivity index (χ2n) is 4.87.